The van der Waals surface area contributed by atoms with E-state index in [-0.39, 0.29) is 12.1 Å². The van der Waals surface area contributed by atoms with E-state index in [0.29, 0.717) is 57.2 Å². The molecule has 0 saturated carbocycles. The van der Waals surface area contributed by atoms with Gasteiger partial charge in [0, 0.05) is 24.2 Å². The number of hydrogen-bond acceptors (Lipinski definition) is 5. The Hall–Kier alpha value is -3.10. The predicted molar refractivity (Wildman–Crippen MR) is 108 cm³/mol. The number of hydrogen-bond donors (Lipinski definition) is 2. The molecule has 3 amide bonds. The summed E-state index contributed by atoms with van der Waals surface area (Å²) in [5, 5.41) is 8.90. The summed E-state index contributed by atoms with van der Waals surface area (Å²) < 4.78 is 11.4. The SMILES string of the molecule is O=C(NO)c1ccc2c(c1)OCC(Cc1ccccc1)N(C(=O)N1CCOCC1)C2. The van der Waals surface area contributed by atoms with Crippen LogP contribution in [0.2, 0.25) is 0 Å². The second-order valence-corrected chi connectivity index (χ2v) is 7.43. The van der Waals surface area contributed by atoms with Crippen molar-refractivity contribution in [3.8, 4) is 5.75 Å². The number of carbonyl (C=O) groups excluding carboxylic acids is 2. The van der Waals surface area contributed by atoms with Gasteiger partial charge in [-0.05, 0) is 24.1 Å². The number of morpholine rings is 1. The molecular weight excluding hydrogens is 386 g/mol. The van der Waals surface area contributed by atoms with Gasteiger partial charge >= 0.3 is 6.03 Å². The van der Waals surface area contributed by atoms with Crippen molar-refractivity contribution in [2.75, 3.05) is 32.9 Å². The van der Waals surface area contributed by atoms with Crippen molar-refractivity contribution >= 4 is 11.9 Å². The van der Waals surface area contributed by atoms with Gasteiger partial charge in [-0.15, -0.1) is 0 Å². The molecular formula is C22H25N3O5. The van der Waals surface area contributed by atoms with Crippen molar-refractivity contribution in [2.24, 2.45) is 0 Å². The van der Waals surface area contributed by atoms with Crippen molar-refractivity contribution in [3.63, 3.8) is 0 Å². The van der Waals surface area contributed by atoms with Crippen LogP contribution in [0, 0.1) is 0 Å². The number of hydroxylamine groups is 1. The number of rotatable bonds is 3. The first-order chi connectivity index (χ1) is 14.7. The van der Waals surface area contributed by atoms with Crippen LogP contribution in [0.15, 0.2) is 48.5 Å². The quantitative estimate of drug-likeness (QED) is 0.596. The summed E-state index contributed by atoms with van der Waals surface area (Å²) in [6, 6.07) is 14.8. The van der Waals surface area contributed by atoms with Gasteiger partial charge < -0.3 is 19.3 Å². The number of nitrogens with zero attached hydrogens (tertiary/aromatic N) is 2. The highest BCUT2D eigenvalue weighted by molar-refractivity contribution is 5.93. The summed E-state index contributed by atoms with van der Waals surface area (Å²) in [6.07, 6.45) is 0.662. The lowest BCUT2D eigenvalue weighted by Crippen LogP contribution is -2.52. The van der Waals surface area contributed by atoms with Crippen molar-refractivity contribution < 1.29 is 24.3 Å². The summed E-state index contributed by atoms with van der Waals surface area (Å²) in [5.74, 6) is -0.0563. The maximum Gasteiger partial charge on any atom is 0.320 e. The second kappa shape index (κ2) is 9.15. The zero-order valence-electron chi connectivity index (χ0n) is 16.6. The van der Waals surface area contributed by atoms with Crippen LogP contribution in [-0.4, -0.2) is 65.9 Å². The first-order valence-electron chi connectivity index (χ1n) is 10.0. The maximum absolute atomic E-state index is 13.4. The van der Waals surface area contributed by atoms with Gasteiger partial charge in [-0.2, -0.15) is 0 Å². The Balaban J connectivity index is 1.62. The van der Waals surface area contributed by atoms with Gasteiger partial charge in [-0.3, -0.25) is 10.0 Å². The van der Waals surface area contributed by atoms with Gasteiger partial charge in [0.1, 0.15) is 12.4 Å². The van der Waals surface area contributed by atoms with E-state index in [0.717, 1.165) is 11.1 Å². The maximum atomic E-state index is 13.4. The molecule has 1 fully saturated rings. The Morgan fingerprint density at radius 3 is 2.60 bits per heavy atom. The van der Waals surface area contributed by atoms with E-state index in [9.17, 15) is 9.59 Å². The van der Waals surface area contributed by atoms with Gasteiger partial charge in [-0.25, -0.2) is 10.3 Å². The summed E-state index contributed by atoms with van der Waals surface area (Å²) in [4.78, 5) is 28.8. The molecule has 0 aliphatic carbocycles. The third-order valence-electron chi connectivity index (χ3n) is 5.49. The third kappa shape index (κ3) is 4.39. The molecule has 2 heterocycles. The zero-order chi connectivity index (χ0) is 20.9. The van der Waals surface area contributed by atoms with Crippen LogP contribution in [0.5, 0.6) is 5.75 Å². The zero-order valence-corrected chi connectivity index (χ0v) is 16.6. The number of nitrogens with one attached hydrogen (secondary N) is 1. The summed E-state index contributed by atoms with van der Waals surface area (Å²) in [7, 11) is 0. The van der Waals surface area contributed by atoms with Gasteiger partial charge in [-0.1, -0.05) is 36.4 Å². The molecule has 8 nitrogen and oxygen atoms in total. The van der Waals surface area contributed by atoms with E-state index in [2.05, 4.69) is 0 Å². The molecule has 2 aromatic rings. The number of carbonyl (C=O) groups is 2. The number of fused-ring (bicyclic) bond motifs is 1. The van der Waals surface area contributed by atoms with E-state index < -0.39 is 5.91 Å². The van der Waals surface area contributed by atoms with Crippen molar-refractivity contribution in [1.29, 1.82) is 0 Å². The van der Waals surface area contributed by atoms with Gasteiger partial charge in [0.05, 0.1) is 25.8 Å². The summed E-state index contributed by atoms with van der Waals surface area (Å²) in [6.45, 7) is 2.89. The molecule has 2 aliphatic heterocycles. The van der Waals surface area contributed by atoms with Gasteiger partial charge in [0.25, 0.3) is 5.91 Å². The van der Waals surface area contributed by atoms with E-state index >= 15 is 0 Å². The fourth-order valence-electron chi connectivity index (χ4n) is 3.83. The fourth-order valence-corrected chi connectivity index (χ4v) is 3.83. The molecule has 2 aromatic carbocycles. The Kier molecular flexibility index (Phi) is 6.15. The molecule has 2 aliphatic rings. The largest absolute Gasteiger partial charge is 0.491 e. The molecule has 30 heavy (non-hydrogen) atoms. The van der Waals surface area contributed by atoms with E-state index in [1.165, 1.54) is 0 Å². The van der Waals surface area contributed by atoms with Crippen LogP contribution in [0.3, 0.4) is 0 Å². The van der Waals surface area contributed by atoms with Crippen LogP contribution in [-0.2, 0) is 17.7 Å². The van der Waals surface area contributed by atoms with E-state index in [4.69, 9.17) is 14.7 Å². The van der Waals surface area contributed by atoms with Crippen LogP contribution >= 0.6 is 0 Å². The van der Waals surface area contributed by atoms with Crippen molar-refractivity contribution in [2.45, 2.75) is 19.0 Å². The lowest BCUT2D eigenvalue weighted by atomic mass is 10.0. The van der Waals surface area contributed by atoms with E-state index in [1.54, 1.807) is 23.7 Å². The highest BCUT2D eigenvalue weighted by Gasteiger charge is 2.32. The molecule has 158 valence electrons. The highest BCUT2D eigenvalue weighted by atomic mass is 16.5. The smallest absolute Gasteiger partial charge is 0.320 e. The van der Waals surface area contributed by atoms with Crippen LogP contribution < -0.4 is 10.2 Å². The predicted octanol–water partition coefficient (Wildman–Crippen LogP) is 2.06. The van der Waals surface area contributed by atoms with Crippen LogP contribution in [0.4, 0.5) is 4.79 Å². The minimum Gasteiger partial charge on any atom is -0.491 e. The van der Waals surface area contributed by atoms with Crippen LogP contribution in [0.1, 0.15) is 21.5 Å². The normalized spacial score (nSPS) is 18.8. The molecule has 8 heteroatoms. The lowest BCUT2D eigenvalue weighted by molar-refractivity contribution is 0.0363. The number of amides is 3. The highest BCUT2D eigenvalue weighted by Crippen LogP contribution is 2.28. The number of benzene rings is 2. The average Bonchev–Trinajstić information content (AvgIpc) is 2.98. The second-order valence-electron chi connectivity index (χ2n) is 7.43. The standard InChI is InChI=1S/C22H25N3O5/c26-21(23-28)17-6-7-18-14-25(22(27)24-8-10-29-11-9-24)19(15-30-20(18)13-17)12-16-4-2-1-3-5-16/h1-7,13,19,28H,8-12,14-15H2,(H,23,26). The van der Waals surface area contributed by atoms with Crippen molar-refractivity contribution in [3.05, 3.63) is 65.2 Å². The summed E-state index contributed by atoms with van der Waals surface area (Å²) in [5.41, 5.74) is 3.88. The minimum absolute atomic E-state index is 0.0344. The molecule has 1 saturated heterocycles. The number of urea groups is 1. The Labute approximate surface area is 174 Å². The molecule has 0 radical (unpaired) electrons. The summed E-state index contributed by atoms with van der Waals surface area (Å²) >= 11 is 0. The monoisotopic (exact) mass is 411 g/mol. The number of ether oxygens (including phenoxy) is 2. The molecule has 0 spiro atoms. The Bertz CT molecular complexity index is 899. The van der Waals surface area contributed by atoms with Gasteiger partial charge in [0.15, 0.2) is 0 Å². The average molecular weight is 411 g/mol. The van der Waals surface area contributed by atoms with Gasteiger partial charge in [0.2, 0.25) is 0 Å². The molecule has 1 unspecified atom stereocenters. The molecule has 2 N–H and O–H groups in total. The molecule has 1 atom stereocenters. The first kappa shape index (κ1) is 20.2. The molecule has 4 rings (SSSR count). The first-order valence-corrected chi connectivity index (χ1v) is 10.0. The molecule has 0 bridgehead atoms. The minimum atomic E-state index is -0.604. The van der Waals surface area contributed by atoms with Crippen LogP contribution in [0.25, 0.3) is 0 Å². The fraction of sp³-hybridized carbons (Fsp3) is 0.364. The molecule has 0 aromatic heterocycles. The Morgan fingerprint density at radius 2 is 1.87 bits per heavy atom. The van der Waals surface area contributed by atoms with E-state index in [1.807, 2.05) is 40.1 Å². The Morgan fingerprint density at radius 1 is 1.10 bits per heavy atom. The topological polar surface area (TPSA) is 91.3 Å². The van der Waals surface area contributed by atoms with Crippen molar-refractivity contribution in [1.82, 2.24) is 15.3 Å². The third-order valence-corrected chi connectivity index (χ3v) is 5.49. The lowest BCUT2D eigenvalue weighted by Gasteiger charge is -2.36.